The molecule has 13 heavy (non-hydrogen) atoms. The Hall–Kier alpha value is -1.08. The summed E-state index contributed by atoms with van der Waals surface area (Å²) in [6, 6.07) is 1.97. The summed E-state index contributed by atoms with van der Waals surface area (Å²) < 4.78 is 0. The van der Waals surface area contributed by atoms with Crippen LogP contribution in [0.15, 0.2) is 0 Å². The molecule has 1 aliphatic heterocycles. The summed E-state index contributed by atoms with van der Waals surface area (Å²) in [7, 11) is 0. The summed E-state index contributed by atoms with van der Waals surface area (Å²) >= 11 is 0. The monoisotopic (exact) mass is 182 g/mol. The molecule has 0 aromatic carbocycles. The molecule has 1 heterocycles. The Labute approximate surface area is 77.8 Å². The first kappa shape index (κ1) is 10.0. The van der Waals surface area contributed by atoms with Crippen molar-refractivity contribution < 1.29 is 9.90 Å². The molecule has 0 radical (unpaired) electrons. The molecule has 0 aromatic heterocycles. The van der Waals surface area contributed by atoms with Gasteiger partial charge in [0.25, 0.3) is 0 Å². The maximum absolute atomic E-state index is 11.5. The lowest BCUT2D eigenvalue weighted by Crippen LogP contribution is -2.34. The number of rotatable bonds is 2. The van der Waals surface area contributed by atoms with Crippen LogP contribution < -0.4 is 0 Å². The second-order valence-corrected chi connectivity index (χ2v) is 3.32. The lowest BCUT2D eigenvalue weighted by atomic mass is 10.1. The minimum Gasteiger partial charge on any atom is -0.391 e. The lowest BCUT2D eigenvalue weighted by Gasteiger charge is -2.17. The average Bonchev–Trinajstić information content (AvgIpc) is 2.54. The van der Waals surface area contributed by atoms with Crippen LogP contribution >= 0.6 is 0 Å². The van der Waals surface area contributed by atoms with E-state index in [1.807, 2.05) is 13.0 Å². The number of nitriles is 1. The largest absolute Gasteiger partial charge is 0.391 e. The summed E-state index contributed by atoms with van der Waals surface area (Å²) in [4.78, 5) is 13.1. The van der Waals surface area contributed by atoms with Gasteiger partial charge in [0, 0.05) is 13.1 Å². The third-order valence-corrected chi connectivity index (χ3v) is 2.34. The maximum atomic E-state index is 11.5. The van der Waals surface area contributed by atoms with Gasteiger partial charge in [0.2, 0.25) is 5.91 Å². The topological polar surface area (TPSA) is 64.3 Å². The number of likely N-dealkylation sites (tertiary alicyclic amines) is 1. The molecular formula is C9H14N2O2. The van der Waals surface area contributed by atoms with Crippen LogP contribution in [0.25, 0.3) is 0 Å². The minimum atomic E-state index is -0.537. The first-order valence-electron chi connectivity index (χ1n) is 4.55. The normalized spacial score (nSPS) is 24.1. The smallest absolute Gasteiger partial charge is 0.240 e. The molecule has 1 rings (SSSR count). The molecule has 2 unspecified atom stereocenters. The van der Waals surface area contributed by atoms with Crippen molar-refractivity contribution in [3.63, 3.8) is 0 Å². The van der Waals surface area contributed by atoms with E-state index >= 15 is 0 Å². The predicted molar refractivity (Wildman–Crippen MR) is 46.6 cm³/mol. The Kier molecular flexibility index (Phi) is 3.26. The van der Waals surface area contributed by atoms with E-state index in [0.717, 1.165) is 0 Å². The van der Waals surface area contributed by atoms with Crippen molar-refractivity contribution in [1.29, 1.82) is 5.26 Å². The van der Waals surface area contributed by atoms with E-state index < -0.39 is 12.0 Å². The highest BCUT2D eigenvalue weighted by Gasteiger charge is 2.28. The Morgan fingerprint density at radius 1 is 1.85 bits per heavy atom. The zero-order chi connectivity index (χ0) is 9.84. The summed E-state index contributed by atoms with van der Waals surface area (Å²) in [5.74, 6) is -0.674. The fourth-order valence-electron chi connectivity index (χ4n) is 1.48. The zero-order valence-electron chi connectivity index (χ0n) is 7.73. The average molecular weight is 182 g/mol. The molecule has 4 nitrogen and oxygen atoms in total. The van der Waals surface area contributed by atoms with Crippen LogP contribution in [0.5, 0.6) is 0 Å². The summed E-state index contributed by atoms with van der Waals surface area (Å²) in [6.07, 6.45) is 0.773. The highest BCUT2D eigenvalue weighted by atomic mass is 16.3. The number of hydrogen-bond acceptors (Lipinski definition) is 3. The van der Waals surface area contributed by atoms with E-state index in [2.05, 4.69) is 0 Å². The molecule has 1 N–H and O–H groups in total. The number of carbonyl (C=O) groups is 1. The fraction of sp³-hybridized carbons (Fsp3) is 0.778. The summed E-state index contributed by atoms with van der Waals surface area (Å²) in [6.45, 7) is 2.79. The number of β-amino-alcohol motifs (C(OH)–C–C–N with tert-alkyl or cyclic N) is 1. The van der Waals surface area contributed by atoms with Crippen LogP contribution in [-0.4, -0.2) is 35.1 Å². The highest BCUT2D eigenvalue weighted by molar-refractivity contribution is 5.81. The number of hydrogen-bond donors (Lipinski definition) is 1. The number of nitrogens with zero attached hydrogens (tertiary/aromatic N) is 2. The third-order valence-electron chi connectivity index (χ3n) is 2.34. The minimum absolute atomic E-state index is 0.137. The Balaban J connectivity index is 2.53. The van der Waals surface area contributed by atoms with Gasteiger partial charge in [-0.1, -0.05) is 6.92 Å². The molecule has 0 saturated carbocycles. The van der Waals surface area contributed by atoms with Gasteiger partial charge in [-0.2, -0.15) is 5.26 Å². The van der Waals surface area contributed by atoms with E-state index in [1.54, 1.807) is 4.90 Å². The quantitative estimate of drug-likeness (QED) is 0.660. The van der Waals surface area contributed by atoms with Crippen molar-refractivity contribution in [3.8, 4) is 6.07 Å². The van der Waals surface area contributed by atoms with E-state index in [9.17, 15) is 9.90 Å². The van der Waals surface area contributed by atoms with Crippen LogP contribution in [0.4, 0.5) is 0 Å². The molecule has 1 saturated heterocycles. The Bertz CT molecular complexity index is 234. The number of amides is 1. The van der Waals surface area contributed by atoms with Crippen molar-refractivity contribution in [2.45, 2.75) is 25.9 Å². The van der Waals surface area contributed by atoms with Gasteiger partial charge in [-0.25, -0.2) is 0 Å². The van der Waals surface area contributed by atoms with Gasteiger partial charge in [-0.15, -0.1) is 0 Å². The molecule has 72 valence electrons. The number of carbonyl (C=O) groups excluding carboxylic acids is 1. The lowest BCUT2D eigenvalue weighted by molar-refractivity contribution is -0.133. The number of aliphatic hydroxyl groups is 1. The highest BCUT2D eigenvalue weighted by Crippen LogP contribution is 2.14. The van der Waals surface area contributed by atoms with Gasteiger partial charge in [-0.05, 0) is 12.8 Å². The SMILES string of the molecule is CCC(C#N)C(=O)N1CCC(O)C1. The van der Waals surface area contributed by atoms with Crippen molar-refractivity contribution in [3.05, 3.63) is 0 Å². The standard InChI is InChI=1S/C9H14N2O2/c1-2-7(5-10)9(13)11-4-3-8(12)6-11/h7-8,12H,2-4,6H2,1H3. The molecule has 2 atom stereocenters. The van der Waals surface area contributed by atoms with Crippen LogP contribution in [0.2, 0.25) is 0 Å². The number of aliphatic hydroxyl groups excluding tert-OH is 1. The second-order valence-electron chi connectivity index (χ2n) is 3.32. The molecule has 1 fully saturated rings. The molecular weight excluding hydrogens is 168 g/mol. The van der Waals surface area contributed by atoms with E-state index in [4.69, 9.17) is 5.26 Å². The Morgan fingerprint density at radius 3 is 2.92 bits per heavy atom. The van der Waals surface area contributed by atoms with Crippen LogP contribution in [0.3, 0.4) is 0 Å². The van der Waals surface area contributed by atoms with Gasteiger partial charge in [0.15, 0.2) is 0 Å². The summed E-state index contributed by atoms with van der Waals surface area (Å²) in [5.41, 5.74) is 0. The van der Waals surface area contributed by atoms with Crippen molar-refractivity contribution in [2.24, 2.45) is 5.92 Å². The van der Waals surface area contributed by atoms with Crippen molar-refractivity contribution in [1.82, 2.24) is 4.90 Å². The molecule has 4 heteroatoms. The second kappa shape index (κ2) is 4.24. The molecule has 0 aromatic rings. The maximum Gasteiger partial charge on any atom is 0.240 e. The summed E-state index contributed by atoms with van der Waals surface area (Å²) in [5, 5.41) is 17.9. The first-order valence-corrected chi connectivity index (χ1v) is 4.55. The fourth-order valence-corrected chi connectivity index (χ4v) is 1.48. The molecule has 0 aliphatic carbocycles. The molecule has 1 aliphatic rings. The van der Waals surface area contributed by atoms with Gasteiger partial charge < -0.3 is 10.0 Å². The van der Waals surface area contributed by atoms with Gasteiger partial charge in [-0.3, -0.25) is 4.79 Å². The zero-order valence-corrected chi connectivity index (χ0v) is 7.73. The van der Waals surface area contributed by atoms with Crippen LogP contribution in [0, 0.1) is 17.2 Å². The van der Waals surface area contributed by atoms with Crippen molar-refractivity contribution in [2.75, 3.05) is 13.1 Å². The molecule has 0 bridgehead atoms. The third kappa shape index (κ3) is 2.19. The van der Waals surface area contributed by atoms with E-state index in [0.29, 0.717) is 25.9 Å². The van der Waals surface area contributed by atoms with E-state index in [-0.39, 0.29) is 5.91 Å². The van der Waals surface area contributed by atoms with E-state index in [1.165, 1.54) is 0 Å². The van der Waals surface area contributed by atoms with Crippen LogP contribution in [0.1, 0.15) is 19.8 Å². The van der Waals surface area contributed by atoms with Gasteiger partial charge in [0.05, 0.1) is 12.2 Å². The van der Waals surface area contributed by atoms with Gasteiger partial charge in [0.1, 0.15) is 5.92 Å². The molecule has 1 amide bonds. The van der Waals surface area contributed by atoms with Crippen LogP contribution in [-0.2, 0) is 4.79 Å². The first-order chi connectivity index (χ1) is 6.19. The van der Waals surface area contributed by atoms with Gasteiger partial charge >= 0.3 is 0 Å². The molecule has 0 spiro atoms. The Morgan fingerprint density at radius 2 is 2.54 bits per heavy atom. The van der Waals surface area contributed by atoms with Crippen molar-refractivity contribution >= 4 is 5.91 Å². The predicted octanol–water partition coefficient (Wildman–Crippen LogP) is 0.129.